The fraction of sp³-hybridized carbons (Fsp3) is 0.900. The molecule has 1 heterocycles. The number of hydrogen-bond acceptors (Lipinski definition) is 3. The lowest BCUT2D eigenvalue weighted by Gasteiger charge is -2.24. The van der Waals surface area contributed by atoms with Crippen LogP contribution in [0.15, 0.2) is 0 Å². The molecule has 4 nitrogen and oxygen atoms in total. The second-order valence-electron chi connectivity index (χ2n) is 4.60. The van der Waals surface area contributed by atoms with Crippen LogP contribution in [0.2, 0.25) is 0 Å². The zero-order chi connectivity index (χ0) is 10.6. The smallest absolute Gasteiger partial charge is 0.249 e. The molecule has 0 aromatic heterocycles. The Morgan fingerprint density at radius 2 is 2.14 bits per heavy atom. The number of carbonyl (C=O) groups excluding carboxylic acids is 1. The fourth-order valence-electron chi connectivity index (χ4n) is 1.08. The molecule has 1 aliphatic heterocycles. The van der Waals surface area contributed by atoms with E-state index >= 15 is 0 Å². The van der Waals surface area contributed by atoms with Crippen LogP contribution in [-0.4, -0.2) is 18.8 Å². The van der Waals surface area contributed by atoms with E-state index in [1.165, 1.54) is 0 Å². The van der Waals surface area contributed by atoms with Gasteiger partial charge in [0.1, 0.15) is 0 Å². The number of hydroxylamine groups is 1. The van der Waals surface area contributed by atoms with Crippen molar-refractivity contribution in [3.63, 3.8) is 0 Å². The highest BCUT2D eigenvalue weighted by atomic mass is 16.8. The Kier molecular flexibility index (Phi) is 3.89. The van der Waals surface area contributed by atoms with Crippen LogP contribution in [0.4, 0.5) is 0 Å². The molecule has 0 aromatic rings. The summed E-state index contributed by atoms with van der Waals surface area (Å²) in [4.78, 5) is 16.6. The molecule has 0 aromatic carbocycles. The third-order valence-electron chi connectivity index (χ3n) is 2.10. The van der Waals surface area contributed by atoms with E-state index in [0.29, 0.717) is 0 Å². The monoisotopic (exact) mass is 201 g/mol. The summed E-state index contributed by atoms with van der Waals surface area (Å²) in [5.41, 5.74) is 2.01. The Labute approximate surface area is 84.9 Å². The first-order valence-corrected chi connectivity index (χ1v) is 5.08. The zero-order valence-corrected chi connectivity index (χ0v) is 9.13. The minimum absolute atomic E-state index is 0.119. The van der Waals surface area contributed by atoms with Gasteiger partial charge < -0.3 is 4.74 Å². The Hall–Kier alpha value is -0.610. The van der Waals surface area contributed by atoms with Crippen LogP contribution in [0.5, 0.6) is 0 Å². The van der Waals surface area contributed by atoms with Gasteiger partial charge in [0.15, 0.2) is 6.29 Å². The van der Waals surface area contributed by atoms with E-state index < -0.39 is 5.41 Å². The Bertz CT molecular complexity index is 192. The molecule has 0 spiro atoms. The predicted octanol–water partition coefficient (Wildman–Crippen LogP) is 1.61. The highest BCUT2D eigenvalue weighted by Gasteiger charge is 2.23. The van der Waals surface area contributed by atoms with Crippen LogP contribution < -0.4 is 5.48 Å². The number of amides is 1. The summed E-state index contributed by atoms with van der Waals surface area (Å²) < 4.78 is 5.30. The molecular formula is C10H19NO3. The number of nitrogens with one attached hydrogen (secondary N) is 1. The summed E-state index contributed by atoms with van der Waals surface area (Å²) in [6, 6.07) is 0. The van der Waals surface area contributed by atoms with E-state index in [1.807, 2.05) is 20.8 Å². The molecule has 14 heavy (non-hydrogen) atoms. The van der Waals surface area contributed by atoms with Crippen LogP contribution in [0.25, 0.3) is 0 Å². The highest BCUT2D eigenvalue weighted by molar-refractivity contribution is 5.80. The van der Waals surface area contributed by atoms with Crippen molar-refractivity contribution >= 4 is 5.91 Å². The molecule has 4 heteroatoms. The van der Waals surface area contributed by atoms with Crippen LogP contribution in [0.1, 0.15) is 40.0 Å². The van der Waals surface area contributed by atoms with Gasteiger partial charge in [0, 0.05) is 18.4 Å². The highest BCUT2D eigenvalue weighted by Crippen LogP contribution is 2.15. The minimum atomic E-state index is -0.422. The summed E-state index contributed by atoms with van der Waals surface area (Å²) in [6.07, 6.45) is 2.75. The van der Waals surface area contributed by atoms with Crippen LogP contribution in [0, 0.1) is 5.41 Å². The van der Waals surface area contributed by atoms with Gasteiger partial charge in [0.25, 0.3) is 0 Å². The van der Waals surface area contributed by atoms with Crippen molar-refractivity contribution in [3.05, 3.63) is 0 Å². The van der Waals surface area contributed by atoms with E-state index in [2.05, 4.69) is 5.48 Å². The third-order valence-corrected chi connectivity index (χ3v) is 2.10. The molecule has 1 N–H and O–H groups in total. The van der Waals surface area contributed by atoms with Crippen molar-refractivity contribution < 1.29 is 14.4 Å². The van der Waals surface area contributed by atoms with E-state index in [-0.39, 0.29) is 12.2 Å². The van der Waals surface area contributed by atoms with Gasteiger partial charge in [-0.2, -0.15) is 0 Å². The largest absolute Gasteiger partial charge is 0.350 e. The maximum absolute atomic E-state index is 11.4. The van der Waals surface area contributed by atoms with Crippen molar-refractivity contribution in [1.82, 2.24) is 5.48 Å². The van der Waals surface area contributed by atoms with Gasteiger partial charge >= 0.3 is 0 Å². The molecule has 0 aliphatic carbocycles. The molecule has 1 amide bonds. The summed E-state index contributed by atoms with van der Waals surface area (Å²) in [5, 5.41) is 0. The molecule has 1 atom stereocenters. The van der Waals surface area contributed by atoms with Crippen molar-refractivity contribution in [3.8, 4) is 0 Å². The summed E-state index contributed by atoms with van der Waals surface area (Å²) in [7, 11) is 0. The van der Waals surface area contributed by atoms with Gasteiger partial charge in [-0.15, -0.1) is 0 Å². The van der Waals surface area contributed by atoms with Crippen LogP contribution >= 0.6 is 0 Å². The van der Waals surface area contributed by atoms with Gasteiger partial charge in [-0.25, -0.2) is 10.3 Å². The van der Waals surface area contributed by atoms with Crippen LogP contribution in [0.3, 0.4) is 0 Å². The average Bonchev–Trinajstić information content (AvgIpc) is 2.14. The van der Waals surface area contributed by atoms with Gasteiger partial charge in [-0.3, -0.25) is 4.79 Å². The van der Waals surface area contributed by atoms with Gasteiger partial charge in [-0.05, 0) is 12.8 Å². The fourth-order valence-corrected chi connectivity index (χ4v) is 1.08. The Morgan fingerprint density at radius 3 is 2.64 bits per heavy atom. The normalized spacial score (nSPS) is 23.2. The standard InChI is InChI=1S/C10H19NO3/c1-10(2,3)9(12)11-14-8-6-4-5-7-13-8/h8H,4-7H2,1-3H3,(H,11,12). The quantitative estimate of drug-likeness (QED) is 0.690. The predicted molar refractivity (Wildman–Crippen MR) is 52.3 cm³/mol. The number of hydrogen-bond donors (Lipinski definition) is 1. The van der Waals surface area contributed by atoms with Gasteiger partial charge in [-0.1, -0.05) is 20.8 Å². The number of ether oxygens (including phenoxy) is 1. The lowest BCUT2D eigenvalue weighted by atomic mass is 9.96. The minimum Gasteiger partial charge on any atom is -0.350 e. The second-order valence-corrected chi connectivity index (χ2v) is 4.60. The lowest BCUT2D eigenvalue weighted by Crippen LogP contribution is -2.39. The molecule has 1 aliphatic rings. The third kappa shape index (κ3) is 3.64. The van der Waals surface area contributed by atoms with E-state index in [1.54, 1.807) is 0 Å². The first kappa shape index (κ1) is 11.5. The average molecular weight is 201 g/mol. The molecular weight excluding hydrogens is 182 g/mol. The SMILES string of the molecule is CC(C)(C)C(=O)NOC1CCCCO1. The molecule has 1 fully saturated rings. The molecule has 1 unspecified atom stereocenters. The van der Waals surface area contributed by atoms with Crippen LogP contribution in [-0.2, 0) is 14.4 Å². The topological polar surface area (TPSA) is 47.6 Å². The first-order valence-electron chi connectivity index (χ1n) is 5.08. The molecule has 82 valence electrons. The van der Waals surface area contributed by atoms with Gasteiger partial charge in [0.2, 0.25) is 5.91 Å². The molecule has 0 saturated carbocycles. The number of rotatable bonds is 2. The van der Waals surface area contributed by atoms with Crippen molar-refractivity contribution in [2.75, 3.05) is 6.61 Å². The van der Waals surface area contributed by atoms with E-state index in [4.69, 9.17) is 9.57 Å². The lowest BCUT2D eigenvalue weighted by molar-refractivity contribution is -0.203. The maximum atomic E-state index is 11.4. The second kappa shape index (κ2) is 4.75. The summed E-state index contributed by atoms with van der Waals surface area (Å²) in [6.45, 7) is 6.24. The van der Waals surface area contributed by atoms with E-state index in [9.17, 15) is 4.79 Å². The van der Waals surface area contributed by atoms with Crippen molar-refractivity contribution in [1.29, 1.82) is 0 Å². The summed E-state index contributed by atoms with van der Waals surface area (Å²) in [5.74, 6) is -0.119. The molecule has 1 rings (SSSR count). The molecule has 1 saturated heterocycles. The van der Waals surface area contributed by atoms with Crippen molar-refractivity contribution in [2.45, 2.75) is 46.3 Å². The maximum Gasteiger partial charge on any atom is 0.249 e. The Balaban J connectivity index is 2.22. The first-order chi connectivity index (χ1) is 6.50. The Morgan fingerprint density at radius 1 is 1.43 bits per heavy atom. The summed E-state index contributed by atoms with van der Waals surface area (Å²) >= 11 is 0. The number of carbonyl (C=O) groups is 1. The molecule has 0 bridgehead atoms. The van der Waals surface area contributed by atoms with Crippen molar-refractivity contribution in [2.24, 2.45) is 5.41 Å². The molecule has 0 radical (unpaired) electrons. The van der Waals surface area contributed by atoms with Gasteiger partial charge in [0.05, 0.1) is 0 Å². The zero-order valence-electron chi connectivity index (χ0n) is 9.13. The van der Waals surface area contributed by atoms with E-state index in [0.717, 1.165) is 25.9 Å².